The van der Waals surface area contributed by atoms with Crippen LogP contribution in [-0.2, 0) is 4.79 Å². The molecule has 110 valence electrons. The number of carbonyl (C=O) groups is 2. The zero-order valence-electron chi connectivity index (χ0n) is 12.0. The molecule has 2 amide bonds. The van der Waals surface area contributed by atoms with Crippen LogP contribution in [0.2, 0.25) is 0 Å². The quantitative estimate of drug-likeness (QED) is 0.742. The van der Waals surface area contributed by atoms with Gasteiger partial charge in [0.1, 0.15) is 6.54 Å². The highest BCUT2D eigenvalue weighted by atomic mass is 32.2. The van der Waals surface area contributed by atoms with E-state index in [-0.39, 0.29) is 18.6 Å². The highest BCUT2D eigenvalue weighted by molar-refractivity contribution is 7.98. The van der Waals surface area contributed by atoms with Gasteiger partial charge in [0.25, 0.3) is 0 Å². The van der Waals surface area contributed by atoms with E-state index in [1.54, 1.807) is 23.7 Å². The van der Waals surface area contributed by atoms with Crippen LogP contribution in [-0.4, -0.2) is 65.1 Å². The number of hydrogen-bond donors (Lipinski definition) is 1. The summed E-state index contributed by atoms with van der Waals surface area (Å²) in [4.78, 5) is 26.5. The van der Waals surface area contributed by atoms with Crippen molar-refractivity contribution < 1.29 is 14.7 Å². The van der Waals surface area contributed by atoms with Crippen molar-refractivity contribution in [1.82, 2.24) is 9.80 Å². The number of carbonyl (C=O) groups excluding carboxylic acids is 1. The molecule has 0 aromatic heterocycles. The number of nitrogens with zero attached hydrogens (tertiary/aromatic N) is 2. The summed E-state index contributed by atoms with van der Waals surface area (Å²) in [5.74, 6) is 0.431. The summed E-state index contributed by atoms with van der Waals surface area (Å²) >= 11 is 1.70. The molecule has 1 fully saturated rings. The molecular weight excluding hydrogens is 264 g/mol. The topological polar surface area (TPSA) is 60.9 Å². The van der Waals surface area contributed by atoms with Crippen molar-refractivity contribution >= 4 is 23.8 Å². The summed E-state index contributed by atoms with van der Waals surface area (Å²) in [6.45, 7) is 2.42. The maximum Gasteiger partial charge on any atom is 0.323 e. The van der Waals surface area contributed by atoms with Crippen LogP contribution in [0.5, 0.6) is 0 Å². The molecule has 1 atom stereocenters. The summed E-state index contributed by atoms with van der Waals surface area (Å²) in [6, 6.07) is 0.00759. The number of thioether (sulfide) groups is 1. The van der Waals surface area contributed by atoms with E-state index >= 15 is 0 Å². The smallest absolute Gasteiger partial charge is 0.323 e. The van der Waals surface area contributed by atoms with Crippen molar-refractivity contribution in [3.05, 3.63) is 0 Å². The van der Waals surface area contributed by atoms with Crippen LogP contribution in [0.3, 0.4) is 0 Å². The van der Waals surface area contributed by atoms with Crippen LogP contribution in [0.4, 0.5) is 4.79 Å². The largest absolute Gasteiger partial charge is 0.480 e. The van der Waals surface area contributed by atoms with Crippen LogP contribution in [0.15, 0.2) is 0 Å². The molecule has 1 N–H and O–H groups in total. The normalized spacial score (nSPS) is 15.9. The van der Waals surface area contributed by atoms with Crippen molar-refractivity contribution in [2.24, 2.45) is 5.92 Å². The zero-order chi connectivity index (χ0) is 14.4. The van der Waals surface area contributed by atoms with Crippen LogP contribution < -0.4 is 0 Å². The highest BCUT2D eigenvalue weighted by Crippen LogP contribution is 2.30. The number of carboxylic acids is 1. The van der Waals surface area contributed by atoms with Crippen molar-refractivity contribution in [2.75, 3.05) is 32.1 Å². The van der Waals surface area contributed by atoms with Gasteiger partial charge in [0.2, 0.25) is 0 Å². The van der Waals surface area contributed by atoms with Crippen molar-refractivity contribution in [1.29, 1.82) is 0 Å². The predicted molar refractivity (Wildman–Crippen MR) is 77.6 cm³/mol. The van der Waals surface area contributed by atoms with Gasteiger partial charge in [-0.1, -0.05) is 6.92 Å². The third-order valence-electron chi connectivity index (χ3n) is 3.45. The Labute approximate surface area is 119 Å². The molecule has 6 heteroatoms. The molecule has 0 radical (unpaired) electrons. The van der Waals surface area contributed by atoms with Gasteiger partial charge in [-0.15, -0.1) is 0 Å². The van der Waals surface area contributed by atoms with E-state index in [9.17, 15) is 9.59 Å². The lowest BCUT2D eigenvalue weighted by Crippen LogP contribution is -2.49. The van der Waals surface area contributed by atoms with Gasteiger partial charge >= 0.3 is 12.0 Å². The Hall–Kier alpha value is -0.910. The first kappa shape index (κ1) is 16.1. The van der Waals surface area contributed by atoms with Gasteiger partial charge in [-0.05, 0) is 31.4 Å². The molecule has 1 unspecified atom stereocenters. The first-order chi connectivity index (χ1) is 8.99. The minimum atomic E-state index is -0.944. The van der Waals surface area contributed by atoms with E-state index in [2.05, 4.69) is 0 Å². The SMILES string of the molecule is CCC(CSC)N(C)C(=O)N(CC(=O)O)CC1CC1. The average molecular weight is 288 g/mol. The number of hydrogen-bond acceptors (Lipinski definition) is 3. The zero-order valence-corrected chi connectivity index (χ0v) is 12.8. The molecular formula is C13H24N2O3S. The molecule has 1 rings (SSSR count). The van der Waals surface area contributed by atoms with E-state index in [1.807, 2.05) is 13.2 Å². The van der Waals surface area contributed by atoms with Crippen molar-refractivity contribution in [2.45, 2.75) is 32.2 Å². The Bertz CT molecular complexity index is 321. The Morgan fingerprint density at radius 2 is 2.05 bits per heavy atom. The lowest BCUT2D eigenvalue weighted by Gasteiger charge is -2.32. The number of carboxylic acid groups (broad SMARTS) is 1. The second-order valence-electron chi connectivity index (χ2n) is 5.13. The van der Waals surface area contributed by atoms with E-state index < -0.39 is 5.97 Å². The average Bonchev–Trinajstić information content (AvgIpc) is 3.16. The second kappa shape index (κ2) is 7.62. The Kier molecular flexibility index (Phi) is 6.48. The minimum Gasteiger partial charge on any atom is -0.480 e. The van der Waals surface area contributed by atoms with E-state index in [0.717, 1.165) is 25.0 Å². The second-order valence-corrected chi connectivity index (χ2v) is 6.04. The Balaban J connectivity index is 2.63. The fraction of sp³-hybridized carbons (Fsp3) is 0.846. The van der Waals surface area contributed by atoms with Gasteiger partial charge in [-0.25, -0.2) is 4.79 Å². The van der Waals surface area contributed by atoms with Gasteiger partial charge in [0.05, 0.1) is 0 Å². The molecule has 1 aliphatic carbocycles. The molecule has 1 aliphatic rings. The molecule has 0 aliphatic heterocycles. The van der Waals surface area contributed by atoms with Gasteiger partial charge in [-0.2, -0.15) is 11.8 Å². The van der Waals surface area contributed by atoms with Crippen molar-refractivity contribution in [3.8, 4) is 0 Å². The lowest BCUT2D eigenvalue weighted by atomic mass is 10.2. The molecule has 19 heavy (non-hydrogen) atoms. The third-order valence-corrected chi connectivity index (χ3v) is 4.17. The number of amides is 2. The third kappa shape index (κ3) is 5.30. The summed E-state index contributed by atoms with van der Waals surface area (Å²) in [5.41, 5.74) is 0. The standard InChI is InChI=1S/C13H24N2O3S/c1-4-11(9-19-3)14(2)13(18)15(8-12(16)17)7-10-5-6-10/h10-11H,4-9H2,1-3H3,(H,16,17). The van der Waals surface area contributed by atoms with E-state index in [4.69, 9.17) is 5.11 Å². The molecule has 0 bridgehead atoms. The van der Waals surface area contributed by atoms with Gasteiger partial charge in [0.15, 0.2) is 0 Å². The van der Waals surface area contributed by atoms with Crippen LogP contribution in [0.1, 0.15) is 26.2 Å². The molecule has 1 saturated carbocycles. The molecule has 0 aromatic rings. The Morgan fingerprint density at radius 1 is 1.42 bits per heavy atom. The monoisotopic (exact) mass is 288 g/mol. The van der Waals surface area contributed by atoms with Crippen LogP contribution in [0, 0.1) is 5.92 Å². The summed E-state index contributed by atoms with van der Waals surface area (Å²) in [7, 11) is 1.77. The molecule has 0 spiro atoms. The fourth-order valence-corrected chi connectivity index (χ4v) is 2.90. The summed E-state index contributed by atoms with van der Waals surface area (Å²) in [5, 5.41) is 8.93. The lowest BCUT2D eigenvalue weighted by molar-refractivity contribution is -0.137. The van der Waals surface area contributed by atoms with Crippen molar-refractivity contribution in [3.63, 3.8) is 0 Å². The molecule has 0 heterocycles. The van der Waals surface area contributed by atoms with Gasteiger partial charge < -0.3 is 14.9 Å². The van der Waals surface area contributed by atoms with E-state index in [1.165, 1.54) is 4.90 Å². The number of urea groups is 1. The van der Waals surface area contributed by atoms with Gasteiger partial charge in [-0.3, -0.25) is 4.79 Å². The minimum absolute atomic E-state index is 0.157. The molecule has 0 aromatic carbocycles. The van der Waals surface area contributed by atoms with Crippen LogP contribution in [0.25, 0.3) is 0 Å². The fourth-order valence-electron chi connectivity index (χ4n) is 2.06. The highest BCUT2D eigenvalue weighted by Gasteiger charge is 2.30. The number of rotatable bonds is 8. The molecule has 5 nitrogen and oxygen atoms in total. The summed E-state index contributed by atoms with van der Waals surface area (Å²) in [6.07, 6.45) is 5.11. The summed E-state index contributed by atoms with van der Waals surface area (Å²) < 4.78 is 0. The maximum absolute atomic E-state index is 12.4. The first-order valence-electron chi connectivity index (χ1n) is 6.72. The first-order valence-corrected chi connectivity index (χ1v) is 8.11. The predicted octanol–water partition coefficient (Wildman–Crippen LogP) is 1.98. The van der Waals surface area contributed by atoms with Crippen LogP contribution >= 0.6 is 11.8 Å². The maximum atomic E-state index is 12.4. The molecule has 0 saturated heterocycles. The Morgan fingerprint density at radius 3 is 2.47 bits per heavy atom. The number of aliphatic carboxylic acids is 1. The van der Waals surface area contributed by atoms with E-state index in [0.29, 0.717) is 12.5 Å². The van der Waals surface area contributed by atoms with Gasteiger partial charge in [0, 0.05) is 25.4 Å².